The summed E-state index contributed by atoms with van der Waals surface area (Å²) in [4.78, 5) is 21.5. The van der Waals surface area contributed by atoms with Crippen molar-refractivity contribution >= 4 is 11.9 Å². The molecule has 0 aliphatic heterocycles. The summed E-state index contributed by atoms with van der Waals surface area (Å²) in [5.41, 5.74) is 0. The van der Waals surface area contributed by atoms with E-state index in [1.54, 1.807) is 13.8 Å². The van der Waals surface area contributed by atoms with E-state index in [2.05, 4.69) is 6.58 Å². The standard InChI is InChI=1S/C12H17O5/c1-5-11(13)16-7-9(3)15-8-10(4)17-12(14)6-2/h1,5-6,9-10H,2,7-8H2,3-4H3/q+1. The first-order chi connectivity index (χ1) is 7.99. The van der Waals surface area contributed by atoms with Crippen molar-refractivity contribution in [2.45, 2.75) is 26.1 Å². The first-order valence-corrected chi connectivity index (χ1v) is 5.16. The van der Waals surface area contributed by atoms with E-state index in [1.807, 2.05) is 0 Å². The van der Waals surface area contributed by atoms with E-state index < -0.39 is 11.9 Å². The molecule has 94 valence electrons. The van der Waals surface area contributed by atoms with Crippen LogP contribution in [-0.4, -0.2) is 37.4 Å². The number of ether oxygens (including phenoxy) is 3. The van der Waals surface area contributed by atoms with E-state index in [1.165, 1.54) is 0 Å². The Hall–Kier alpha value is -1.71. The van der Waals surface area contributed by atoms with Crippen LogP contribution in [0.25, 0.3) is 0 Å². The number of rotatable bonds is 8. The van der Waals surface area contributed by atoms with Gasteiger partial charge in [0.1, 0.15) is 12.7 Å². The molecule has 0 heterocycles. The lowest BCUT2D eigenvalue weighted by Crippen LogP contribution is -2.25. The predicted octanol–water partition coefficient (Wildman–Crippen LogP) is 1.04. The Morgan fingerprint density at radius 3 is 2.41 bits per heavy atom. The second-order valence-electron chi connectivity index (χ2n) is 3.39. The second-order valence-corrected chi connectivity index (χ2v) is 3.39. The lowest BCUT2D eigenvalue weighted by atomic mass is 10.4. The van der Waals surface area contributed by atoms with Crippen LogP contribution in [0.3, 0.4) is 0 Å². The van der Waals surface area contributed by atoms with Crippen LogP contribution in [0.4, 0.5) is 0 Å². The first-order valence-electron chi connectivity index (χ1n) is 5.16. The third-order valence-corrected chi connectivity index (χ3v) is 1.70. The van der Waals surface area contributed by atoms with Gasteiger partial charge in [-0.1, -0.05) is 6.58 Å². The molecule has 0 aliphatic carbocycles. The maximum Gasteiger partial charge on any atom is 0.484 e. The largest absolute Gasteiger partial charge is 0.484 e. The van der Waals surface area contributed by atoms with Gasteiger partial charge in [0.15, 0.2) is 0 Å². The number of esters is 2. The molecule has 0 aromatic carbocycles. The van der Waals surface area contributed by atoms with E-state index in [0.717, 1.165) is 12.2 Å². The smallest absolute Gasteiger partial charge is 0.457 e. The lowest BCUT2D eigenvalue weighted by molar-refractivity contribution is -0.148. The van der Waals surface area contributed by atoms with Crippen molar-refractivity contribution in [3.63, 3.8) is 0 Å². The van der Waals surface area contributed by atoms with Gasteiger partial charge in [-0.25, -0.2) is 4.79 Å². The highest BCUT2D eigenvalue weighted by Crippen LogP contribution is 1.98. The van der Waals surface area contributed by atoms with Crippen molar-refractivity contribution in [1.82, 2.24) is 0 Å². The number of hydrogen-bond acceptors (Lipinski definition) is 5. The molecule has 0 amide bonds. The fourth-order valence-corrected chi connectivity index (χ4v) is 0.876. The molecule has 5 heteroatoms. The highest BCUT2D eigenvalue weighted by molar-refractivity contribution is 5.81. The predicted molar refractivity (Wildman–Crippen MR) is 61.0 cm³/mol. The molecule has 0 N–H and O–H groups in total. The Labute approximate surface area is 101 Å². The van der Waals surface area contributed by atoms with Crippen LogP contribution in [-0.2, 0) is 23.8 Å². The lowest BCUT2D eigenvalue weighted by Gasteiger charge is -2.15. The number of carbonyl (C=O) groups is 2. The van der Waals surface area contributed by atoms with Gasteiger partial charge >= 0.3 is 11.9 Å². The van der Waals surface area contributed by atoms with Crippen LogP contribution < -0.4 is 0 Å². The zero-order valence-corrected chi connectivity index (χ0v) is 10.0. The summed E-state index contributed by atoms with van der Waals surface area (Å²) in [6.45, 7) is 11.9. The summed E-state index contributed by atoms with van der Waals surface area (Å²) in [7, 11) is 0. The average Bonchev–Trinajstić information content (AvgIpc) is 2.32. The fourth-order valence-electron chi connectivity index (χ4n) is 0.876. The van der Waals surface area contributed by atoms with Crippen LogP contribution in [0, 0.1) is 6.58 Å². The van der Waals surface area contributed by atoms with Gasteiger partial charge in [0.25, 0.3) is 0 Å². The van der Waals surface area contributed by atoms with Crippen molar-refractivity contribution in [3.8, 4) is 0 Å². The summed E-state index contributed by atoms with van der Waals surface area (Å²) in [5.74, 6) is -1.11. The summed E-state index contributed by atoms with van der Waals surface area (Å²) < 4.78 is 14.9. The molecule has 0 saturated heterocycles. The van der Waals surface area contributed by atoms with Gasteiger partial charge in [0.2, 0.25) is 6.08 Å². The van der Waals surface area contributed by atoms with Gasteiger partial charge in [0, 0.05) is 6.08 Å². The van der Waals surface area contributed by atoms with Crippen molar-refractivity contribution in [3.05, 3.63) is 25.3 Å². The molecular formula is C12H17O5+. The monoisotopic (exact) mass is 241 g/mol. The van der Waals surface area contributed by atoms with Gasteiger partial charge in [-0.05, 0) is 13.8 Å². The van der Waals surface area contributed by atoms with Crippen LogP contribution in [0.15, 0.2) is 18.7 Å². The molecule has 0 spiro atoms. The Morgan fingerprint density at radius 1 is 1.24 bits per heavy atom. The Morgan fingerprint density at radius 2 is 1.88 bits per heavy atom. The molecule has 2 atom stereocenters. The van der Waals surface area contributed by atoms with Gasteiger partial charge in [0.05, 0.1) is 19.3 Å². The Bertz CT molecular complexity index is 285. The molecule has 5 nitrogen and oxygen atoms in total. The van der Waals surface area contributed by atoms with E-state index in [9.17, 15) is 9.59 Å². The Kier molecular flexibility index (Phi) is 7.59. The highest BCUT2D eigenvalue weighted by Gasteiger charge is 2.13. The van der Waals surface area contributed by atoms with Crippen molar-refractivity contribution in [2.24, 2.45) is 0 Å². The quantitative estimate of drug-likeness (QED) is 0.361. The minimum atomic E-state index is -0.605. The van der Waals surface area contributed by atoms with E-state index in [4.69, 9.17) is 20.8 Å². The molecule has 0 aromatic heterocycles. The number of carbonyl (C=O) groups excluding carboxylic acids is 2. The third-order valence-electron chi connectivity index (χ3n) is 1.70. The van der Waals surface area contributed by atoms with Crippen molar-refractivity contribution in [1.29, 1.82) is 0 Å². The zero-order chi connectivity index (χ0) is 13.3. The molecule has 0 bridgehead atoms. The van der Waals surface area contributed by atoms with Gasteiger partial charge in [-0.15, -0.1) is 4.79 Å². The van der Waals surface area contributed by atoms with Crippen molar-refractivity contribution < 1.29 is 23.8 Å². The molecular weight excluding hydrogens is 224 g/mol. The molecule has 0 aliphatic rings. The van der Waals surface area contributed by atoms with E-state index in [-0.39, 0.29) is 25.4 Å². The molecule has 0 aromatic rings. The maximum atomic E-state index is 10.8. The van der Waals surface area contributed by atoms with Crippen molar-refractivity contribution in [2.75, 3.05) is 13.2 Å². The zero-order valence-electron chi connectivity index (χ0n) is 10.0. The van der Waals surface area contributed by atoms with Gasteiger partial charge in [-0.3, -0.25) is 0 Å². The SMILES string of the molecule is [CH+]=CC(=O)OCC(C)OCC(C)OC(=O)C=C. The average molecular weight is 241 g/mol. The molecule has 0 radical (unpaired) electrons. The third kappa shape index (κ3) is 8.13. The maximum absolute atomic E-state index is 10.8. The summed E-state index contributed by atoms with van der Waals surface area (Å²) in [5, 5.41) is 0. The highest BCUT2D eigenvalue weighted by atomic mass is 16.6. The molecule has 17 heavy (non-hydrogen) atoms. The summed E-state index contributed by atoms with van der Waals surface area (Å²) in [6, 6.07) is 0. The normalized spacial score (nSPS) is 13.2. The summed E-state index contributed by atoms with van der Waals surface area (Å²) in [6.07, 6.45) is 1.23. The van der Waals surface area contributed by atoms with Crippen LogP contribution >= 0.6 is 0 Å². The molecule has 0 rings (SSSR count). The van der Waals surface area contributed by atoms with Crippen LogP contribution in [0.2, 0.25) is 0 Å². The van der Waals surface area contributed by atoms with Gasteiger partial charge in [-0.2, -0.15) is 0 Å². The van der Waals surface area contributed by atoms with E-state index in [0.29, 0.717) is 0 Å². The Balaban J connectivity index is 3.71. The van der Waals surface area contributed by atoms with Crippen LogP contribution in [0.1, 0.15) is 13.8 Å². The first kappa shape index (κ1) is 15.3. The van der Waals surface area contributed by atoms with Crippen LogP contribution in [0.5, 0.6) is 0 Å². The van der Waals surface area contributed by atoms with Gasteiger partial charge < -0.3 is 14.2 Å². The minimum absolute atomic E-state index is 0.0919. The summed E-state index contributed by atoms with van der Waals surface area (Å²) >= 11 is 0. The minimum Gasteiger partial charge on any atom is -0.457 e. The molecule has 2 unspecified atom stereocenters. The fraction of sp³-hybridized carbons (Fsp3) is 0.500. The molecule has 0 fully saturated rings. The topological polar surface area (TPSA) is 61.8 Å². The molecule has 0 saturated carbocycles. The second kappa shape index (κ2) is 8.44. The van der Waals surface area contributed by atoms with E-state index >= 15 is 0 Å². The number of hydrogen-bond donors (Lipinski definition) is 0.